The maximum atomic E-state index is 12.6. The summed E-state index contributed by atoms with van der Waals surface area (Å²) in [5.41, 5.74) is 7.18. The van der Waals surface area contributed by atoms with Crippen molar-refractivity contribution in [3.8, 4) is 0 Å². The second kappa shape index (κ2) is 11.0. The molecule has 2 N–H and O–H groups in total. The molecule has 0 radical (unpaired) electrons. The van der Waals surface area contributed by atoms with E-state index in [9.17, 15) is 14.4 Å². The van der Waals surface area contributed by atoms with Crippen molar-refractivity contribution in [2.75, 3.05) is 11.1 Å². The summed E-state index contributed by atoms with van der Waals surface area (Å²) >= 11 is 1.59. The topological polar surface area (TPSA) is 90.9 Å². The zero-order chi connectivity index (χ0) is 24.8. The standard InChI is InChI=1S/C27H26N4O3S/c1-18(23-9-6-10-24(15-23)28-19(2)32)29-30-26(34)21-11-13-22(14-12-21)27-31(25(33)17-35-27)16-20-7-4-3-5-8-20/h3-15,27H,16-17H2,1-2H3,(H,28,32)(H,30,34)/b29-18-/t27-/m0/s1. The Bertz CT molecular complexity index is 1260. The lowest BCUT2D eigenvalue weighted by Gasteiger charge is -2.24. The van der Waals surface area contributed by atoms with Crippen LogP contribution in [0.4, 0.5) is 5.69 Å². The molecule has 0 aliphatic carbocycles. The molecule has 0 bridgehead atoms. The Morgan fingerprint density at radius 2 is 1.71 bits per heavy atom. The molecule has 0 spiro atoms. The first-order chi connectivity index (χ1) is 16.9. The van der Waals surface area contributed by atoms with Crippen LogP contribution in [0.3, 0.4) is 0 Å². The number of rotatable bonds is 7. The molecule has 7 nitrogen and oxygen atoms in total. The third-order valence-corrected chi connectivity index (χ3v) is 6.80. The average molecular weight is 487 g/mol. The van der Waals surface area contributed by atoms with Crippen LogP contribution in [0.1, 0.15) is 46.3 Å². The smallest absolute Gasteiger partial charge is 0.271 e. The lowest BCUT2D eigenvalue weighted by Crippen LogP contribution is -2.27. The highest BCUT2D eigenvalue weighted by atomic mass is 32.2. The molecule has 1 heterocycles. The first-order valence-corrected chi connectivity index (χ1v) is 12.2. The number of anilines is 1. The van der Waals surface area contributed by atoms with Gasteiger partial charge in [0.2, 0.25) is 11.8 Å². The maximum absolute atomic E-state index is 12.6. The summed E-state index contributed by atoms with van der Waals surface area (Å²) in [7, 11) is 0. The molecule has 3 amide bonds. The number of hydrogen-bond acceptors (Lipinski definition) is 5. The molecule has 3 aromatic rings. The predicted octanol–water partition coefficient (Wildman–Crippen LogP) is 4.57. The van der Waals surface area contributed by atoms with Gasteiger partial charge in [0.05, 0.1) is 11.5 Å². The van der Waals surface area contributed by atoms with E-state index in [-0.39, 0.29) is 23.1 Å². The first kappa shape index (κ1) is 24.2. The van der Waals surface area contributed by atoms with Gasteiger partial charge in [-0.2, -0.15) is 5.10 Å². The van der Waals surface area contributed by atoms with E-state index in [1.54, 1.807) is 43.0 Å². The average Bonchev–Trinajstić information content (AvgIpc) is 3.22. The summed E-state index contributed by atoms with van der Waals surface area (Å²) in [6, 6.07) is 24.4. The molecule has 4 rings (SSSR count). The molecule has 1 aliphatic heterocycles. The predicted molar refractivity (Wildman–Crippen MR) is 139 cm³/mol. The molecule has 1 atom stereocenters. The van der Waals surface area contributed by atoms with Gasteiger partial charge in [0, 0.05) is 24.7 Å². The minimum Gasteiger partial charge on any atom is -0.326 e. The van der Waals surface area contributed by atoms with Gasteiger partial charge in [0.1, 0.15) is 5.37 Å². The van der Waals surface area contributed by atoms with E-state index >= 15 is 0 Å². The highest BCUT2D eigenvalue weighted by molar-refractivity contribution is 8.00. The molecule has 0 saturated carbocycles. The molecular formula is C27H26N4O3S. The number of nitrogens with one attached hydrogen (secondary N) is 2. The van der Waals surface area contributed by atoms with Crippen LogP contribution in [0.15, 0.2) is 84.0 Å². The van der Waals surface area contributed by atoms with Gasteiger partial charge >= 0.3 is 0 Å². The zero-order valence-electron chi connectivity index (χ0n) is 19.5. The van der Waals surface area contributed by atoms with Crippen molar-refractivity contribution in [1.29, 1.82) is 0 Å². The third kappa shape index (κ3) is 6.16. The number of thioether (sulfide) groups is 1. The molecule has 0 aromatic heterocycles. The number of benzene rings is 3. The van der Waals surface area contributed by atoms with Crippen LogP contribution in [0.25, 0.3) is 0 Å². The summed E-state index contributed by atoms with van der Waals surface area (Å²) in [4.78, 5) is 38.3. The zero-order valence-corrected chi connectivity index (χ0v) is 20.3. The SMILES string of the molecule is CC(=O)Nc1cccc(/C(C)=N\NC(=O)c2ccc([C@@H]3SCC(=O)N3Cc3ccccc3)cc2)c1. The maximum Gasteiger partial charge on any atom is 0.271 e. The Balaban J connectivity index is 1.41. The quantitative estimate of drug-likeness (QED) is 0.378. The van der Waals surface area contributed by atoms with Crippen LogP contribution in [0.5, 0.6) is 0 Å². The number of nitrogens with zero attached hydrogens (tertiary/aromatic N) is 2. The van der Waals surface area contributed by atoms with Crippen molar-refractivity contribution in [3.63, 3.8) is 0 Å². The van der Waals surface area contributed by atoms with Gasteiger partial charge in [0.25, 0.3) is 5.91 Å². The van der Waals surface area contributed by atoms with Gasteiger partial charge in [0.15, 0.2) is 0 Å². The van der Waals surface area contributed by atoms with Gasteiger partial charge in [-0.1, -0.05) is 54.6 Å². The minimum absolute atomic E-state index is 0.0871. The fraction of sp³-hybridized carbons (Fsp3) is 0.185. The van der Waals surface area contributed by atoms with E-state index in [0.717, 1.165) is 16.7 Å². The summed E-state index contributed by atoms with van der Waals surface area (Å²) < 4.78 is 0. The molecule has 1 aliphatic rings. The summed E-state index contributed by atoms with van der Waals surface area (Å²) in [5.74, 6) is 0.0666. The largest absolute Gasteiger partial charge is 0.326 e. The Morgan fingerprint density at radius 1 is 0.971 bits per heavy atom. The van der Waals surface area contributed by atoms with Gasteiger partial charge in [-0.3, -0.25) is 14.4 Å². The minimum atomic E-state index is -0.329. The molecule has 1 fully saturated rings. The van der Waals surface area contributed by atoms with Gasteiger partial charge in [-0.25, -0.2) is 5.43 Å². The van der Waals surface area contributed by atoms with Crippen molar-refractivity contribution >= 4 is 40.9 Å². The van der Waals surface area contributed by atoms with Gasteiger partial charge in [-0.05, 0) is 47.9 Å². The molecule has 1 saturated heterocycles. The second-order valence-electron chi connectivity index (χ2n) is 8.19. The first-order valence-electron chi connectivity index (χ1n) is 11.2. The monoisotopic (exact) mass is 486 g/mol. The third-order valence-electron chi connectivity index (χ3n) is 5.55. The Kier molecular flexibility index (Phi) is 7.62. The highest BCUT2D eigenvalue weighted by Crippen LogP contribution is 2.39. The van der Waals surface area contributed by atoms with Crippen LogP contribution >= 0.6 is 11.8 Å². The summed E-state index contributed by atoms with van der Waals surface area (Å²) in [6.45, 7) is 3.78. The van der Waals surface area contributed by atoms with Crippen LogP contribution in [0.2, 0.25) is 0 Å². The van der Waals surface area contributed by atoms with Gasteiger partial charge in [-0.15, -0.1) is 11.8 Å². The van der Waals surface area contributed by atoms with Crippen molar-refractivity contribution in [3.05, 3.63) is 101 Å². The Morgan fingerprint density at radius 3 is 2.43 bits per heavy atom. The second-order valence-corrected chi connectivity index (χ2v) is 9.26. The Hall–Kier alpha value is -3.91. The molecule has 3 aromatic carbocycles. The number of hydrogen-bond donors (Lipinski definition) is 2. The van der Waals surface area contributed by atoms with E-state index < -0.39 is 0 Å². The highest BCUT2D eigenvalue weighted by Gasteiger charge is 2.32. The number of carbonyl (C=O) groups is 3. The molecule has 0 unspecified atom stereocenters. The lowest BCUT2D eigenvalue weighted by molar-refractivity contribution is -0.128. The van der Waals surface area contributed by atoms with E-state index in [4.69, 9.17) is 0 Å². The van der Waals surface area contributed by atoms with E-state index in [1.165, 1.54) is 6.92 Å². The van der Waals surface area contributed by atoms with Crippen LogP contribution in [-0.4, -0.2) is 34.1 Å². The fourth-order valence-corrected chi connectivity index (χ4v) is 4.96. The fourth-order valence-electron chi connectivity index (χ4n) is 3.77. The molecular weight excluding hydrogens is 460 g/mol. The van der Waals surface area contributed by atoms with Gasteiger partial charge < -0.3 is 10.2 Å². The van der Waals surface area contributed by atoms with Crippen molar-refractivity contribution < 1.29 is 14.4 Å². The number of hydrazone groups is 1. The normalized spacial score (nSPS) is 15.7. The summed E-state index contributed by atoms with van der Waals surface area (Å²) in [5, 5.41) is 6.85. The van der Waals surface area contributed by atoms with E-state index in [2.05, 4.69) is 15.8 Å². The van der Waals surface area contributed by atoms with Crippen LogP contribution in [0, 0.1) is 0 Å². The molecule has 35 heavy (non-hydrogen) atoms. The lowest BCUT2D eigenvalue weighted by atomic mass is 10.1. The van der Waals surface area contributed by atoms with Crippen LogP contribution in [-0.2, 0) is 16.1 Å². The molecule has 8 heteroatoms. The Labute approximate surface area is 208 Å². The van der Waals surface area contributed by atoms with Crippen molar-refractivity contribution in [2.24, 2.45) is 5.10 Å². The number of amides is 3. The molecule has 178 valence electrons. The van der Waals surface area contributed by atoms with Crippen molar-refractivity contribution in [1.82, 2.24) is 10.3 Å². The number of carbonyl (C=O) groups excluding carboxylic acids is 3. The van der Waals surface area contributed by atoms with E-state index in [1.807, 2.05) is 59.5 Å². The summed E-state index contributed by atoms with van der Waals surface area (Å²) in [6.07, 6.45) is 0. The van der Waals surface area contributed by atoms with E-state index in [0.29, 0.717) is 29.3 Å². The van der Waals surface area contributed by atoms with Crippen molar-refractivity contribution in [2.45, 2.75) is 25.8 Å². The van der Waals surface area contributed by atoms with Crippen LogP contribution < -0.4 is 10.7 Å².